The molecular weight excluding hydrogens is 453 g/mol. The van der Waals surface area contributed by atoms with Crippen LogP contribution in [0.4, 0.5) is 13.2 Å². The third kappa shape index (κ3) is 4.89. The first-order chi connectivity index (χ1) is 15.8. The molecule has 0 unspecified atom stereocenters. The number of fused-ring (bicyclic) bond motifs is 2. The van der Waals surface area contributed by atoms with Gasteiger partial charge in [-0.05, 0) is 56.2 Å². The largest absolute Gasteiger partial charge is 0.490 e. The Kier molecular flexibility index (Phi) is 7.26. The highest BCUT2D eigenvalue weighted by Crippen LogP contribution is 2.62. The highest BCUT2D eigenvalue weighted by Gasteiger charge is 2.64. The molecule has 4 rings (SSSR count). The van der Waals surface area contributed by atoms with Crippen LogP contribution in [0.5, 0.6) is 0 Å². The first-order valence-corrected chi connectivity index (χ1v) is 11.2. The normalized spacial score (nSPS) is 25.9. The van der Waals surface area contributed by atoms with E-state index in [9.17, 15) is 22.8 Å². The van der Waals surface area contributed by atoms with Gasteiger partial charge >= 0.3 is 12.1 Å². The number of pyridine rings is 1. The van der Waals surface area contributed by atoms with Crippen molar-refractivity contribution in [3.05, 3.63) is 30.1 Å². The summed E-state index contributed by atoms with van der Waals surface area (Å²) in [5.41, 5.74) is 0.487. The molecule has 8 nitrogen and oxygen atoms in total. The van der Waals surface area contributed by atoms with E-state index < -0.39 is 12.1 Å². The Morgan fingerprint density at radius 3 is 2.24 bits per heavy atom. The molecule has 3 aliphatic rings. The Morgan fingerprint density at radius 1 is 1.12 bits per heavy atom. The van der Waals surface area contributed by atoms with Gasteiger partial charge in [0.2, 0.25) is 5.91 Å². The van der Waals surface area contributed by atoms with Gasteiger partial charge in [0, 0.05) is 46.5 Å². The third-order valence-electron chi connectivity index (χ3n) is 7.53. The summed E-state index contributed by atoms with van der Waals surface area (Å²) >= 11 is 0. The van der Waals surface area contributed by atoms with Crippen molar-refractivity contribution in [3.8, 4) is 0 Å². The molecule has 2 saturated heterocycles. The van der Waals surface area contributed by atoms with Crippen molar-refractivity contribution >= 4 is 17.8 Å². The number of halogens is 3. The number of carboxylic acid groups (broad SMARTS) is 1. The van der Waals surface area contributed by atoms with E-state index in [-0.39, 0.29) is 16.7 Å². The third-order valence-corrected chi connectivity index (χ3v) is 7.53. The van der Waals surface area contributed by atoms with E-state index >= 15 is 0 Å². The van der Waals surface area contributed by atoms with Crippen LogP contribution in [-0.2, 0) is 9.59 Å². The first-order valence-electron chi connectivity index (χ1n) is 11.2. The molecule has 2 aliphatic heterocycles. The van der Waals surface area contributed by atoms with Gasteiger partial charge < -0.3 is 19.8 Å². The maximum absolute atomic E-state index is 13.1. The molecule has 3 fully saturated rings. The number of aromatic nitrogens is 1. The summed E-state index contributed by atoms with van der Waals surface area (Å²) in [7, 11) is 5.90. The molecule has 1 aromatic heterocycles. The van der Waals surface area contributed by atoms with E-state index in [2.05, 4.69) is 16.9 Å². The molecule has 0 radical (unpaired) electrons. The van der Waals surface area contributed by atoms with Crippen LogP contribution in [0.25, 0.3) is 0 Å². The number of amides is 2. The van der Waals surface area contributed by atoms with E-state index in [1.54, 1.807) is 17.2 Å². The molecule has 34 heavy (non-hydrogen) atoms. The lowest BCUT2D eigenvalue weighted by Crippen LogP contribution is -2.49. The monoisotopic (exact) mass is 484 g/mol. The molecule has 1 aliphatic carbocycles. The fourth-order valence-electron chi connectivity index (χ4n) is 6.00. The number of rotatable bonds is 2. The summed E-state index contributed by atoms with van der Waals surface area (Å²) < 4.78 is 31.7. The Labute approximate surface area is 196 Å². The van der Waals surface area contributed by atoms with Crippen LogP contribution in [0, 0.1) is 16.7 Å². The van der Waals surface area contributed by atoms with Crippen LogP contribution in [0.15, 0.2) is 24.4 Å². The minimum Gasteiger partial charge on any atom is -0.475 e. The Bertz CT molecular complexity index is 917. The van der Waals surface area contributed by atoms with Gasteiger partial charge in [0.25, 0.3) is 5.91 Å². The smallest absolute Gasteiger partial charge is 0.475 e. The minimum atomic E-state index is -5.08. The number of carboxylic acids is 1. The number of alkyl halides is 3. The van der Waals surface area contributed by atoms with Crippen LogP contribution in [0.1, 0.15) is 36.2 Å². The molecule has 0 bridgehead atoms. The predicted octanol–water partition coefficient (Wildman–Crippen LogP) is 2.37. The zero-order valence-electron chi connectivity index (χ0n) is 19.6. The lowest BCUT2D eigenvalue weighted by Gasteiger charge is -2.44. The van der Waals surface area contributed by atoms with Gasteiger partial charge in [0.05, 0.1) is 5.41 Å². The highest BCUT2D eigenvalue weighted by atomic mass is 19.4. The van der Waals surface area contributed by atoms with Crippen LogP contribution in [-0.4, -0.2) is 96.1 Å². The van der Waals surface area contributed by atoms with Gasteiger partial charge in [-0.3, -0.25) is 14.6 Å². The molecule has 1 N–H and O–H groups in total. The highest BCUT2D eigenvalue weighted by molar-refractivity contribution is 5.92. The van der Waals surface area contributed by atoms with E-state index in [4.69, 9.17) is 9.90 Å². The van der Waals surface area contributed by atoms with Crippen molar-refractivity contribution in [1.29, 1.82) is 0 Å². The van der Waals surface area contributed by atoms with Crippen LogP contribution >= 0.6 is 0 Å². The van der Waals surface area contributed by atoms with Crippen molar-refractivity contribution in [1.82, 2.24) is 19.7 Å². The van der Waals surface area contributed by atoms with Gasteiger partial charge in [0.1, 0.15) is 5.69 Å². The zero-order chi connectivity index (χ0) is 25.3. The van der Waals surface area contributed by atoms with Gasteiger partial charge in [0.15, 0.2) is 0 Å². The number of hydrogen-bond acceptors (Lipinski definition) is 5. The molecule has 3 heterocycles. The average molecular weight is 485 g/mol. The van der Waals surface area contributed by atoms with Gasteiger partial charge in [-0.2, -0.15) is 13.2 Å². The standard InChI is InChI=1S/C21H30N4O2.C2HF3O2/c1-23(2)19(27)21-8-7-20(17(21)14-24(3)15-21)9-12-25(13-10-20)18(26)16-6-4-5-11-22-16;3-2(4,5)1(6)7/h4-6,11,17H,7-10,12-15H2,1-3H3;(H,6,7)/t17-,21+;/m0./s1. The van der Waals surface area contributed by atoms with E-state index in [0.717, 1.165) is 51.9 Å². The van der Waals surface area contributed by atoms with Gasteiger partial charge in [-0.1, -0.05) is 6.07 Å². The molecule has 2 amide bonds. The Hall–Kier alpha value is -2.69. The number of carbonyl (C=O) groups is 3. The SMILES string of the molecule is CN1C[C@H]2C3(CCN(C(=O)c4ccccn4)CC3)CC[C@@]2(C(=O)N(C)C)C1.O=C(O)C(F)(F)F. The molecular formula is C23H31F3N4O4. The van der Waals surface area contributed by atoms with Crippen molar-refractivity contribution in [2.75, 3.05) is 47.3 Å². The second kappa shape index (κ2) is 9.52. The Balaban J connectivity index is 0.000000406. The van der Waals surface area contributed by atoms with Gasteiger partial charge in [-0.15, -0.1) is 0 Å². The summed E-state index contributed by atoms with van der Waals surface area (Å²) in [6, 6.07) is 5.48. The summed E-state index contributed by atoms with van der Waals surface area (Å²) in [5, 5.41) is 7.12. The van der Waals surface area contributed by atoms with Crippen molar-refractivity contribution in [3.63, 3.8) is 0 Å². The maximum Gasteiger partial charge on any atom is 0.490 e. The van der Waals surface area contributed by atoms with Crippen molar-refractivity contribution < 1.29 is 32.7 Å². The van der Waals surface area contributed by atoms with Crippen molar-refractivity contribution in [2.24, 2.45) is 16.7 Å². The fourth-order valence-corrected chi connectivity index (χ4v) is 6.00. The zero-order valence-corrected chi connectivity index (χ0v) is 19.6. The molecule has 0 aromatic carbocycles. The molecule has 2 atom stereocenters. The molecule has 1 aromatic rings. The van der Waals surface area contributed by atoms with Crippen LogP contribution < -0.4 is 0 Å². The number of carbonyl (C=O) groups excluding carboxylic acids is 2. The van der Waals surface area contributed by atoms with Crippen LogP contribution in [0.2, 0.25) is 0 Å². The topological polar surface area (TPSA) is 94.0 Å². The lowest BCUT2D eigenvalue weighted by molar-refractivity contribution is -0.192. The maximum atomic E-state index is 13.1. The average Bonchev–Trinajstić information content (AvgIpc) is 3.28. The summed E-state index contributed by atoms with van der Waals surface area (Å²) in [6.45, 7) is 3.39. The van der Waals surface area contributed by atoms with Crippen molar-refractivity contribution in [2.45, 2.75) is 31.9 Å². The molecule has 11 heteroatoms. The van der Waals surface area contributed by atoms with E-state index in [1.807, 2.05) is 31.1 Å². The number of aliphatic carboxylic acids is 1. The lowest BCUT2D eigenvalue weighted by atomic mass is 9.65. The molecule has 1 saturated carbocycles. The summed E-state index contributed by atoms with van der Waals surface area (Å²) in [5.74, 6) is -2.03. The predicted molar refractivity (Wildman–Crippen MR) is 117 cm³/mol. The number of nitrogens with zero attached hydrogens (tertiary/aromatic N) is 4. The number of piperidine rings is 1. The van der Waals surface area contributed by atoms with Gasteiger partial charge in [-0.25, -0.2) is 4.79 Å². The number of hydrogen-bond donors (Lipinski definition) is 1. The molecule has 1 spiro atoms. The van der Waals surface area contributed by atoms with E-state index in [1.165, 1.54) is 0 Å². The quantitative estimate of drug-likeness (QED) is 0.693. The van der Waals surface area contributed by atoms with Crippen LogP contribution in [0.3, 0.4) is 0 Å². The fraction of sp³-hybridized carbons (Fsp3) is 0.652. The van der Waals surface area contributed by atoms with E-state index in [0.29, 0.717) is 17.5 Å². The summed E-state index contributed by atoms with van der Waals surface area (Å²) in [4.78, 5) is 45.0. The minimum absolute atomic E-state index is 0.0302. The Morgan fingerprint density at radius 2 is 1.74 bits per heavy atom. The second-order valence-electron chi connectivity index (χ2n) is 9.78. The number of likely N-dealkylation sites (tertiary alicyclic amines) is 2. The first kappa shape index (κ1) is 25.9. The molecule has 188 valence electrons. The summed E-state index contributed by atoms with van der Waals surface area (Å²) in [6.07, 6.45) is 0.661. The second-order valence-corrected chi connectivity index (χ2v) is 9.78.